The van der Waals surface area contributed by atoms with Crippen LogP contribution >= 0.6 is 0 Å². The maximum atomic E-state index is 11.6. The fourth-order valence-corrected chi connectivity index (χ4v) is 1.81. The zero-order valence-electron chi connectivity index (χ0n) is 10.7. The van der Waals surface area contributed by atoms with E-state index in [2.05, 4.69) is 17.2 Å². The van der Waals surface area contributed by atoms with E-state index in [4.69, 9.17) is 5.11 Å². The Bertz CT molecular complexity index is 577. The number of anilines is 1. The molecule has 1 aliphatic carbocycles. The lowest BCUT2D eigenvalue weighted by molar-refractivity contribution is -0.111. The van der Waals surface area contributed by atoms with E-state index in [1.807, 2.05) is 0 Å². The zero-order chi connectivity index (χ0) is 13.8. The highest BCUT2D eigenvalue weighted by molar-refractivity contribution is 6.04. The molecule has 0 atom stereocenters. The van der Waals surface area contributed by atoms with Gasteiger partial charge in [-0.25, -0.2) is 4.79 Å². The van der Waals surface area contributed by atoms with Crippen molar-refractivity contribution in [2.75, 3.05) is 5.32 Å². The van der Waals surface area contributed by atoms with Crippen LogP contribution in [0.25, 0.3) is 0 Å². The number of carboxylic acids is 1. The van der Waals surface area contributed by atoms with Gasteiger partial charge in [-0.1, -0.05) is 18.4 Å². The molecule has 0 radical (unpaired) electrons. The van der Waals surface area contributed by atoms with Gasteiger partial charge in [0.1, 0.15) is 0 Å². The minimum atomic E-state index is -1.01. The van der Waals surface area contributed by atoms with E-state index in [1.54, 1.807) is 19.1 Å². The van der Waals surface area contributed by atoms with Crippen molar-refractivity contribution < 1.29 is 14.7 Å². The molecule has 0 spiro atoms. The predicted octanol–water partition coefficient (Wildman–Crippen LogP) is 2.44. The lowest BCUT2D eigenvalue weighted by atomic mass is 9.86. The van der Waals surface area contributed by atoms with Crippen molar-refractivity contribution in [1.82, 2.24) is 0 Å². The number of hydrogen-bond acceptors (Lipinski definition) is 2. The average molecular weight is 257 g/mol. The summed E-state index contributed by atoms with van der Waals surface area (Å²) in [6, 6.07) is 4.78. The van der Waals surface area contributed by atoms with E-state index in [0.29, 0.717) is 17.2 Å². The summed E-state index contributed by atoms with van der Waals surface area (Å²) >= 11 is 0. The fraction of sp³-hybridized carbons (Fsp3) is 0.333. The largest absolute Gasteiger partial charge is 0.478 e. The molecule has 1 fully saturated rings. The van der Waals surface area contributed by atoms with Crippen LogP contribution in [-0.2, 0) is 4.79 Å². The predicted molar refractivity (Wildman–Crippen MR) is 71.9 cm³/mol. The molecule has 1 aromatic carbocycles. The molecule has 0 saturated heterocycles. The lowest BCUT2D eigenvalue weighted by Gasteiger charge is -2.18. The molecule has 1 aliphatic rings. The summed E-state index contributed by atoms with van der Waals surface area (Å²) in [5, 5.41) is 11.6. The van der Waals surface area contributed by atoms with Gasteiger partial charge >= 0.3 is 5.97 Å². The minimum absolute atomic E-state index is 0.185. The van der Waals surface area contributed by atoms with Gasteiger partial charge in [0.15, 0.2) is 0 Å². The Morgan fingerprint density at radius 2 is 2.11 bits per heavy atom. The van der Waals surface area contributed by atoms with Gasteiger partial charge in [0, 0.05) is 11.6 Å². The number of aryl methyl sites for hydroxylation is 1. The lowest BCUT2D eigenvalue weighted by Crippen LogP contribution is -2.12. The molecule has 0 aliphatic heterocycles. The first-order valence-electron chi connectivity index (χ1n) is 6.23. The summed E-state index contributed by atoms with van der Waals surface area (Å²) in [4.78, 5) is 22.6. The minimum Gasteiger partial charge on any atom is -0.478 e. The van der Waals surface area contributed by atoms with E-state index < -0.39 is 11.9 Å². The SMILES string of the molecule is Cc1ccc(NC(=O)C#CC2CCC2)cc1C(=O)O. The number of carbonyl (C=O) groups is 2. The summed E-state index contributed by atoms with van der Waals surface area (Å²) in [7, 11) is 0. The van der Waals surface area contributed by atoms with E-state index in [1.165, 1.54) is 12.5 Å². The van der Waals surface area contributed by atoms with Gasteiger partial charge in [0.2, 0.25) is 0 Å². The smallest absolute Gasteiger partial charge is 0.336 e. The van der Waals surface area contributed by atoms with E-state index in [-0.39, 0.29) is 5.56 Å². The number of aromatic carboxylic acids is 1. The molecular formula is C15H15NO3. The van der Waals surface area contributed by atoms with E-state index in [9.17, 15) is 9.59 Å². The summed E-state index contributed by atoms with van der Waals surface area (Å²) in [6.07, 6.45) is 3.31. The molecule has 4 nitrogen and oxygen atoms in total. The molecule has 19 heavy (non-hydrogen) atoms. The number of hydrogen-bond donors (Lipinski definition) is 2. The van der Waals surface area contributed by atoms with E-state index >= 15 is 0 Å². The van der Waals surface area contributed by atoms with Crippen LogP contribution in [0, 0.1) is 24.7 Å². The molecule has 0 heterocycles. The number of benzene rings is 1. The molecule has 98 valence electrons. The van der Waals surface area contributed by atoms with Crippen LogP contribution in [0.15, 0.2) is 18.2 Å². The Kier molecular flexibility index (Phi) is 3.86. The maximum absolute atomic E-state index is 11.6. The van der Waals surface area contributed by atoms with Crippen LogP contribution in [0.2, 0.25) is 0 Å². The first-order chi connectivity index (χ1) is 9.06. The molecule has 2 rings (SSSR count). The third kappa shape index (κ3) is 3.35. The number of carboxylic acid groups (broad SMARTS) is 1. The molecular weight excluding hydrogens is 242 g/mol. The summed E-state index contributed by atoms with van der Waals surface area (Å²) in [5.41, 5.74) is 1.30. The topological polar surface area (TPSA) is 66.4 Å². The van der Waals surface area contributed by atoms with Crippen molar-refractivity contribution >= 4 is 17.6 Å². The van der Waals surface area contributed by atoms with Gasteiger partial charge in [-0.15, -0.1) is 0 Å². The number of carbonyl (C=O) groups excluding carboxylic acids is 1. The standard InChI is InChI=1S/C15H15NO3/c1-10-5-7-12(9-13(10)15(18)19)16-14(17)8-6-11-3-2-4-11/h5,7,9,11H,2-4H2,1H3,(H,16,17)(H,18,19). The Balaban J connectivity index is 2.05. The second kappa shape index (κ2) is 5.57. The first-order valence-corrected chi connectivity index (χ1v) is 6.23. The molecule has 4 heteroatoms. The van der Waals surface area contributed by atoms with Crippen LogP contribution in [0.5, 0.6) is 0 Å². The van der Waals surface area contributed by atoms with Crippen molar-refractivity contribution in [2.45, 2.75) is 26.2 Å². The quantitative estimate of drug-likeness (QED) is 0.800. The number of amides is 1. The number of nitrogens with one attached hydrogen (secondary N) is 1. The highest BCUT2D eigenvalue weighted by Gasteiger charge is 2.14. The van der Waals surface area contributed by atoms with Gasteiger partial charge in [-0.2, -0.15) is 0 Å². The van der Waals surface area contributed by atoms with Gasteiger partial charge < -0.3 is 10.4 Å². The van der Waals surface area contributed by atoms with Crippen molar-refractivity contribution in [2.24, 2.45) is 5.92 Å². The Labute approximate surface area is 111 Å². The summed E-state index contributed by atoms with van der Waals surface area (Å²) in [6.45, 7) is 1.71. The molecule has 1 aromatic rings. The third-order valence-corrected chi connectivity index (χ3v) is 3.22. The maximum Gasteiger partial charge on any atom is 0.336 e. The fourth-order valence-electron chi connectivity index (χ4n) is 1.81. The third-order valence-electron chi connectivity index (χ3n) is 3.22. The Morgan fingerprint density at radius 1 is 1.37 bits per heavy atom. The monoisotopic (exact) mass is 257 g/mol. The van der Waals surface area contributed by atoms with Gasteiger partial charge in [-0.3, -0.25) is 4.79 Å². The molecule has 1 saturated carbocycles. The van der Waals surface area contributed by atoms with Gasteiger partial charge in [0.25, 0.3) is 5.91 Å². The summed E-state index contributed by atoms with van der Waals surface area (Å²) < 4.78 is 0. The highest BCUT2D eigenvalue weighted by atomic mass is 16.4. The van der Waals surface area contributed by atoms with Gasteiger partial charge in [-0.05, 0) is 43.4 Å². The van der Waals surface area contributed by atoms with Crippen molar-refractivity contribution in [3.8, 4) is 11.8 Å². The number of rotatable bonds is 2. The highest BCUT2D eigenvalue weighted by Crippen LogP contribution is 2.24. The first kappa shape index (κ1) is 13.2. The second-order valence-corrected chi connectivity index (χ2v) is 4.69. The van der Waals surface area contributed by atoms with Crippen LogP contribution < -0.4 is 5.32 Å². The van der Waals surface area contributed by atoms with Crippen molar-refractivity contribution in [1.29, 1.82) is 0 Å². The Morgan fingerprint density at radius 3 is 2.68 bits per heavy atom. The van der Waals surface area contributed by atoms with Crippen LogP contribution in [0.4, 0.5) is 5.69 Å². The Hall–Kier alpha value is -2.28. The van der Waals surface area contributed by atoms with Crippen molar-refractivity contribution in [3.05, 3.63) is 29.3 Å². The summed E-state index contributed by atoms with van der Waals surface area (Å²) in [5.74, 6) is 4.40. The van der Waals surface area contributed by atoms with Gasteiger partial charge in [0.05, 0.1) is 5.56 Å². The molecule has 0 bridgehead atoms. The molecule has 0 unspecified atom stereocenters. The average Bonchev–Trinajstić information content (AvgIpc) is 2.29. The van der Waals surface area contributed by atoms with E-state index in [0.717, 1.165) is 12.8 Å². The zero-order valence-corrected chi connectivity index (χ0v) is 10.7. The van der Waals surface area contributed by atoms with Crippen molar-refractivity contribution in [3.63, 3.8) is 0 Å². The van der Waals surface area contributed by atoms with Crippen LogP contribution in [-0.4, -0.2) is 17.0 Å². The normalized spacial score (nSPS) is 13.9. The second-order valence-electron chi connectivity index (χ2n) is 4.69. The molecule has 2 N–H and O–H groups in total. The van der Waals surface area contributed by atoms with Crippen LogP contribution in [0.1, 0.15) is 35.2 Å². The van der Waals surface area contributed by atoms with Crippen LogP contribution in [0.3, 0.4) is 0 Å². The molecule has 0 aromatic heterocycles. The molecule has 1 amide bonds.